The monoisotopic (exact) mass is 377 g/mol. The van der Waals surface area contributed by atoms with Crippen LogP contribution in [0.3, 0.4) is 0 Å². The number of fused-ring (bicyclic) bond motifs is 1. The number of β-amino-alcohol motifs (C(OH)–C–C–N with tert-alkyl or cyclic N) is 1. The molecule has 1 saturated heterocycles. The summed E-state index contributed by atoms with van der Waals surface area (Å²) in [7, 11) is 0. The lowest BCUT2D eigenvalue weighted by Gasteiger charge is -2.36. The van der Waals surface area contributed by atoms with E-state index in [4.69, 9.17) is 4.74 Å². The molecule has 0 aliphatic carbocycles. The highest BCUT2D eigenvalue weighted by molar-refractivity contribution is 5.87. The van der Waals surface area contributed by atoms with Gasteiger partial charge in [0.05, 0.1) is 6.54 Å². The van der Waals surface area contributed by atoms with Crippen LogP contribution in [0.2, 0.25) is 0 Å². The average Bonchev–Trinajstić information content (AvgIpc) is 2.74. The molecule has 1 aromatic carbocycles. The number of amides is 1. The van der Waals surface area contributed by atoms with Gasteiger partial charge in [-0.25, -0.2) is 0 Å². The van der Waals surface area contributed by atoms with Crippen molar-refractivity contribution in [3.05, 3.63) is 66.7 Å². The number of aliphatic hydroxyl groups is 1. The molecule has 1 amide bonds. The van der Waals surface area contributed by atoms with E-state index in [9.17, 15) is 9.90 Å². The number of aliphatic hydroxyl groups excluding tert-OH is 1. The van der Waals surface area contributed by atoms with Crippen LogP contribution in [0, 0.1) is 0 Å². The molecule has 6 nitrogen and oxygen atoms in total. The van der Waals surface area contributed by atoms with Gasteiger partial charge in [0.25, 0.3) is 0 Å². The molecule has 0 radical (unpaired) electrons. The lowest BCUT2D eigenvalue weighted by molar-refractivity contribution is -0.136. The normalized spacial score (nSPS) is 19.5. The molecular weight excluding hydrogens is 354 g/mol. The molecule has 0 unspecified atom stereocenters. The van der Waals surface area contributed by atoms with Gasteiger partial charge < -0.3 is 14.7 Å². The second kappa shape index (κ2) is 8.35. The number of carbonyl (C=O) groups excluding carboxylic acids is 1. The molecule has 0 bridgehead atoms. The summed E-state index contributed by atoms with van der Waals surface area (Å²) in [6.07, 6.45) is 7.65. The fraction of sp³-hybridized carbons (Fsp3) is 0.318. The SMILES string of the molecule is O=C(CCc1cccnc1)N1CC[C@@H](Oc2cccc3cnccc23)[C@H](O)C1. The highest BCUT2D eigenvalue weighted by atomic mass is 16.5. The second-order valence-electron chi connectivity index (χ2n) is 7.07. The smallest absolute Gasteiger partial charge is 0.222 e. The predicted molar refractivity (Wildman–Crippen MR) is 106 cm³/mol. The first kappa shape index (κ1) is 18.4. The third-order valence-electron chi connectivity index (χ3n) is 5.14. The van der Waals surface area contributed by atoms with Crippen molar-refractivity contribution in [3.63, 3.8) is 0 Å². The maximum atomic E-state index is 12.5. The summed E-state index contributed by atoms with van der Waals surface area (Å²) in [4.78, 5) is 22.4. The number of aromatic nitrogens is 2. The second-order valence-corrected chi connectivity index (χ2v) is 7.07. The number of pyridine rings is 2. The first-order valence-electron chi connectivity index (χ1n) is 9.55. The third kappa shape index (κ3) is 4.12. The van der Waals surface area contributed by atoms with Gasteiger partial charge in [-0.2, -0.15) is 0 Å². The van der Waals surface area contributed by atoms with Crippen molar-refractivity contribution in [3.8, 4) is 5.75 Å². The summed E-state index contributed by atoms with van der Waals surface area (Å²) in [6.45, 7) is 0.878. The van der Waals surface area contributed by atoms with E-state index in [1.165, 1.54) is 0 Å². The number of nitrogens with zero attached hydrogens (tertiary/aromatic N) is 3. The zero-order chi connectivity index (χ0) is 19.3. The largest absolute Gasteiger partial charge is 0.487 e. The molecule has 2 atom stereocenters. The first-order valence-corrected chi connectivity index (χ1v) is 9.55. The summed E-state index contributed by atoms with van der Waals surface area (Å²) in [5.74, 6) is 0.790. The predicted octanol–water partition coefficient (Wildman–Crippen LogP) is 2.60. The Hall–Kier alpha value is -2.99. The van der Waals surface area contributed by atoms with Crippen LogP contribution in [0.15, 0.2) is 61.2 Å². The topological polar surface area (TPSA) is 75.6 Å². The number of hydrogen-bond donors (Lipinski definition) is 1. The van der Waals surface area contributed by atoms with E-state index in [1.807, 2.05) is 36.4 Å². The van der Waals surface area contributed by atoms with Crippen LogP contribution in [-0.2, 0) is 11.2 Å². The minimum Gasteiger partial charge on any atom is -0.487 e. The van der Waals surface area contributed by atoms with E-state index in [0.29, 0.717) is 32.4 Å². The van der Waals surface area contributed by atoms with Crippen LogP contribution in [0.4, 0.5) is 0 Å². The summed E-state index contributed by atoms with van der Waals surface area (Å²) >= 11 is 0. The number of hydrogen-bond acceptors (Lipinski definition) is 5. The molecule has 6 heteroatoms. The van der Waals surface area contributed by atoms with Gasteiger partial charge in [0.1, 0.15) is 18.0 Å². The molecule has 0 saturated carbocycles. The Morgan fingerprint density at radius 3 is 2.86 bits per heavy atom. The van der Waals surface area contributed by atoms with Gasteiger partial charge in [0.15, 0.2) is 0 Å². The van der Waals surface area contributed by atoms with Gasteiger partial charge in [-0.3, -0.25) is 14.8 Å². The van der Waals surface area contributed by atoms with E-state index in [2.05, 4.69) is 9.97 Å². The molecule has 1 aliphatic rings. The van der Waals surface area contributed by atoms with Crippen molar-refractivity contribution in [2.24, 2.45) is 0 Å². The molecule has 1 fully saturated rings. The highest BCUT2D eigenvalue weighted by Gasteiger charge is 2.31. The number of benzene rings is 1. The van der Waals surface area contributed by atoms with Crippen LogP contribution in [0.5, 0.6) is 5.75 Å². The van der Waals surface area contributed by atoms with Gasteiger partial charge in [-0.1, -0.05) is 18.2 Å². The number of ether oxygens (including phenoxy) is 1. The number of piperidine rings is 1. The lowest BCUT2D eigenvalue weighted by atomic mass is 10.0. The van der Waals surface area contributed by atoms with Crippen molar-refractivity contribution in [2.75, 3.05) is 13.1 Å². The standard InChI is InChI=1S/C22H23N3O3/c26-19-15-25(22(27)7-6-16-3-2-10-23-13-16)12-9-21(19)28-20-5-1-4-17-14-24-11-8-18(17)20/h1-5,8,10-11,13-14,19,21,26H,6-7,9,12,15H2/t19-,21-/m1/s1. The maximum Gasteiger partial charge on any atom is 0.222 e. The Balaban J connectivity index is 1.35. The van der Waals surface area contributed by atoms with Crippen molar-refractivity contribution in [2.45, 2.75) is 31.5 Å². The third-order valence-corrected chi connectivity index (χ3v) is 5.14. The van der Waals surface area contributed by atoms with Gasteiger partial charge in [-0.05, 0) is 30.2 Å². The quantitative estimate of drug-likeness (QED) is 0.740. The Kier molecular flexibility index (Phi) is 5.48. The Morgan fingerprint density at radius 2 is 2.04 bits per heavy atom. The van der Waals surface area contributed by atoms with Crippen LogP contribution in [-0.4, -0.2) is 51.2 Å². The van der Waals surface area contributed by atoms with Gasteiger partial charge in [-0.15, -0.1) is 0 Å². The zero-order valence-electron chi connectivity index (χ0n) is 15.6. The molecule has 3 heterocycles. The van der Waals surface area contributed by atoms with Crippen LogP contribution in [0.1, 0.15) is 18.4 Å². The van der Waals surface area contributed by atoms with Crippen molar-refractivity contribution < 1.29 is 14.6 Å². The van der Waals surface area contributed by atoms with Crippen molar-refractivity contribution in [1.29, 1.82) is 0 Å². The van der Waals surface area contributed by atoms with Crippen LogP contribution in [0.25, 0.3) is 10.8 Å². The molecule has 144 valence electrons. The molecule has 28 heavy (non-hydrogen) atoms. The average molecular weight is 377 g/mol. The van der Waals surface area contributed by atoms with E-state index >= 15 is 0 Å². The van der Waals surface area contributed by atoms with E-state index in [-0.39, 0.29) is 12.0 Å². The maximum absolute atomic E-state index is 12.5. The van der Waals surface area contributed by atoms with Gasteiger partial charge >= 0.3 is 0 Å². The van der Waals surface area contributed by atoms with Crippen LogP contribution < -0.4 is 4.74 Å². The number of aryl methyl sites for hydroxylation is 1. The molecule has 2 aromatic heterocycles. The molecule has 0 spiro atoms. The Labute approximate surface area is 163 Å². The highest BCUT2D eigenvalue weighted by Crippen LogP contribution is 2.27. The molecule has 1 aliphatic heterocycles. The fourth-order valence-electron chi connectivity index (χ4n) is 3.59. The molecule has 4 rings (SSSR count). The minimum atomic E-state index is -0.715. The fourth-order valence-corrected chi connectivity index (χ4v) is 3.59. The first-order chi connectivity index (χ1) is 13.7. The van der Waals surface area contributed by atoms with E-state index in [1.54, 1.807) is 29.7 Å². The number of rotatable bonds is 5. The van der Waals surface area contributed by atoms with Gasteiger partial charge in [0.2, 0.25) is 5.91 Å². The minimum absolute atomic E-state index is 0.0533. The van der Waals surface area contributed by atoms with Crippen LogP contribution >= 0.6 is 0 Å². The summed E-state index contributed by atoms with van der Waals surface area (Å²) in [5.41, 5.74) is 1.04. The molecule has 3 aromatic rings. The zero-order valence-corrected chi connectivity index (χ0v) is 15.6. The Morgan fingerprint density at radius 1 is 1.14 bits per heavy atom. The number of carbonyl (C=O) groups is 1. The van der Waals surface area contributed by atoms with Crippen molar-refractivity contribution >= 4 is 16.7 Å². The molecular formula is C22H23N3O3. The number of likely N-dealkylation sites (tertiary alicyclic amines) is 1. The molecule has 1 N–H and O–H groups in total. The summed E-state index contributed by atoms with van der Waals surface area (Å²) in [6, 6.07) is 11.6. The van der Waals surface area contributed by atoms with Crippen molar-refractivity contribution in [1.82, 2.24) is 14.9 Å². The summed E-state index contributed by atoms with van der Waals surface area (Å²) in [5, 5.41) is 12.5. The van der Waals surface area contributed by atoms with E-state index < -0.39 is 6.10 Å². The Bertz CT molecular complexity index is 943. The summed E-state index contributed by atoms with van der Waals surface area (Å²) < 4.78 is 6.11. The lowest BCUT2D eigenvalue weighted by Crippen LogP contribution is -2.51. The van der Waals surface area contributed by atoms with Gasteiger partial charge in [0, 0.05) is 54.9 Å². The van der Waals surface area contributed by atoms with E-state index in [0.717, 1.165) is 22.1 Å².